The molecule has 0 saturated carbocycles. The molecule has 2 aromatic heterocycles. The molecule has 7 heteroatoms. The molecule has 2 heterocycles. The quantitative estimate of drug-likeness (QED) is 0.711. The summed E-state index contributed by atoms with van der Waals surface area (Å²) in [5.74, 6) is 0.718. The molecular formula is C16H25N5O2. The van der Waals surface area contributed by atoms with E-state index in [-0.39, 0.29) is 0 Å². The predicted molar refractivity (Wildman–Crippen MR) is 88.1 cm³/mol. The number of aliphatic hydroxyl groups is 1. The van der Waals surface area contributed by atoms with Crippen molar-refractivity contribution >= 4 is 0 Å². The first-order valence-corrected chi connectivity index (χ1v) is 7.53. The fourth-order valence-corrected chi connectivity index (χ4v) is 2.44. The summed E-state index contributed by atoms with van der Waals surface area (Å²) in [5.41, 5.74) is 1.67. The second kappa shape index (κ2) is 6.97. The van der Waals surface area contributed by atoms with Crippen molar-refractivity contribution in [3.8, 4) is 5.88 Å². The third kappa shape index (κ3) is 4.00. The summed E-state index contributed by atoms with van der Waals surface area (Å²) in [6.45, 7) is 8.75. The van der Waals surface area contributed by atoms with Crippen LogP contribution in [0.3, 0.4) is 0 Å². The lowest BCUT2D eigenvalue weighted by molar-refractivity contribution is 0.0565. The monoisotopic (exact) mass is 319 g/mol. The number of nitrogens with zero attached hydrogens (tertiary/aromatic N) is 4. The van der Waals surface area contributed by atoms with E-state index in [0.29, 0.717) is 19.7 Å². The van der Waals surface area contributed by atoms with Crippen LogP contribution in [0.1, 0.15) is 23.7 Å². The van der Waals surface area contributed by atoms with Gasteiger partial charge in [-0.2, -0.15) is 10.2 Å². The Hall–Kier alpha value is -2.12. The van der Waals surface area contributed by atoms with Crippen LogP contribution in [0, 0.1) is 6.92 Å². The molecule has 0 aliphatic rings. The number of hydrogen-bond acceptors (Lipinski definition) is 5. The fraction of sp³-hybridized carbons (Fsp3) is 0.500. The molecule has 2 rings (SSSR count). The topological polar surface area (TPSA) is 77.1 Å². The van der Waals surface area contributed by atoms with Crippen molar-refractivity contribution in [3.63, 3.8) is 0 Å². The molecule has 2 N–H and O–H groups in total. The van der Waals surface area contributed by atoms with Crippen LogP contribution in [0.25, 0.3) is 0 Å². The molecule has 0 aromatic carbocycles. The molecule has 0 amide bonds. The molecule has 0 saturated heterocycles. The first-order chi connectivity index (χ1) is 10.8. The van der Waals surface area contributed by atoms with Gasteiger partial charge in [-0.3, -0.25) is 4.68 Å². The SMILES string of the molecule is C=CCOc1c(CNCC(C)(O)c2cnn(C)c2)c(C)nn1C. The van der Waals surface area contributed by atoms with Crippen LogP contribution in [0.5, 0.6) is 5.88 Å². The molecule has 126 valence electrons. The highest BCUT2D eigenvalue weighted by Gasteiger charge is 2.25. The second-order valence-electron chi connectivity index (χ2n) is 5.87. The van der Waals surface area contributed by atoms with E-state index >= 15 is 0 Å². The molecule has 23 heavy (non-hydrogen) atoms. The highest BCUT2D eigenvalue weighted by atomic mass is 16.5. The summed E-state index contributed by atoms with van der Waals surface area (Å²) < 4.78 is 9.07. The van der Waals surface area contributed by atoms with Gasteiger partial charge in [-0.25, -0.2) is 4.68 Å². The van der Waals surface area contributed by atoms with Crippen molar-refractivity contribution in [2.75, 3.05) is 13.2 Å². The highest BCUT2D eigenvalue weighted by molar-refractivity contribution is 5.31. The van der Waals surface area contributed by atoms with Crippen molar-refractivity contribution in [2.45, 2.75) is 26.0 Å². The van der Waals surface area contributed by atoms with Crippen molar-refractivity contribution in [1.82, 2.24) is 24.9 Å². The lowest BCUT2D eigenvalue weighted by Gasteiger charge is -2.22. The minimum Gasteiger partial charge on any atom is -0.473 e. The molecule has 0 bridgehead atoms. The van der Waals surface area contributed by atoms with E-state index in [1.807, 2.05) is 27.2 Å². The van der Waals surface area contributed by atoms with Gasteiger partial charge in [0, 0.05) is 38.9 Å². The highest BCUT2D eigenvalue weighted by Crippen LogP contribution is 2.22. The Labute approximate surface area is 136 Å². The number of nitrogens with one attached hydrogen (secondary N) is 1. The van der Waals surface area contributed by atoms with Gasteiger partial charge < -0.3 is 15.2 Å². The van der Waals surface area contributed by atoms with Gasteiger partial charge in [0.05, 0.1) is 17.5 Å². The Morgan fingerprint density at radius 2 is 2.22 bits per heavy atom. The lowest BCUT2D eigenvalue weighted by atomic mass is 9.99. The van der Waals surface area contributed by atoms with Gasteiger partial charge in [-0.1, -0.05) is 12.7 Å². The Morgan fingerprint density at radius 3 is 2.83 bits per heavy atom. The van der Waals surface area contributed by atoms with Crippen molar-refractivity contribution in [2.24, 2.45) is 14.1 Å². The third-order valence-corrected chi connectivity index (χ3v) is 3.72. The van der Waals surface area contributed by atoms with E-state index in [1.54, 1.807) is 28.6 Å². The Morgan fingerprint density at radius 1 is 1.48 bits per heavy atom. The van der Waals surface area contributed by atoms with E-state index < -0.39 is 5.60 Å². The normalized spacial score (nSPS) is 13.8. The zero-order valence-corrected chi connectivity index (χ0v) is 14.2. The summed E-state index contributed by atoms with van der Waals surface area (Å²) >= 11 is 0. The lowest BCUT2D eigenvalue weighted by Crippen LogP contribution is -2.35. The summed E-state index contributed by atoms with van der Waals surface area (Å²) in [7, 11) is 3.68. The van der Waals surface area contributed by atoms with Crippen LogP contribution in [0.15, 0.2) is 25.0 Å². The number of aryl methyl sites for hydroxylation is 3. The molecule has 1 atom stereocenters. The number of ether oxygens (including phenoxy) is 1. The minimum absolute atomic E-state index is 0.397. The molecule has 0 radical (unpaired) electrons. The van der Waals surface area contributed by atoms with Crippen molar-refractivity contribution in [3.05, 3.63) is 41.9 Å². The van der Waals surface area contributed by atoms with E-state index in [2.05, 4.69) is 22.1 Å². The maximum absolute atomic E-state index is 10.6. The first-order valence-electron chi connectivity index (χ1n) is 7.53. The van der Waals surface area contributed by atoms with E-state index in [1.165, 1.54) is 0 Å². The molecule has 0 aliphatic heterocycles. The van der Waals surface area contributed by atoms with Crippen LogP contribution >= 0.6 is 0 Å². The van der Waals surface area contributed by atoms with Gasteiger partial charge in [0.2, 0.25) is 5.88 Å². The standard InChI is InChI=1S/C16H25N5O2/c1-6-7-23-15-14(12(2)19-21(15)5)9-17-11-16(3,22)13-8-18-20(4)10-13/h6,8,10,17,22H,1,7,9,11H2,2-5H3. The van der Waals surface area contributed by atoms with Crippen LogP contribution in [0.2, 0.25) is 0 Å². The molecule has 0 spiro atoms. The van der Waals surface area contributed by atoms with E-state index in [0.717, 1.165) is 22.7 Å². The average Bonchev–Trinajstić information content (AvgIpc) is 3.02. The second-order valence-corrected chi connectivity index (χ2v) is 5.87. The smallest absolute Gasteiger partial charge is 0.216 e. The van der Waals surface area contributed by atoms with Gasteiger partial charge in [0.1, 0.15) is 12.2 Å². The molecule has 7 nitrogen and oxygen atoms in total. The first kappa shape index (κ1) is 17.2. The van der Waals surface area contributed by atoms with Gasteiger partial charge >= 0.3 is 0 Å². The molecule has 0 fully saturated rings. The van der Waals surface area contributed by atoms with Crippen LogP contribution in [-0.2, 0) is 26.2 Å². The zero-order chi connectivity index (χ0) is 17.0. The van der Waals surface area contributed by atoms with Crippen LogP contribution in [0.4, 0.5) is 0 Å². The van der Waals surface area contributed by atoms with Gasteiger partial charge in [-0.05, 0) is 13.8 Å². The van der Waals surface area contributed by atoms with Crippen molar-refractivity contribution < 1.29 is 9.84 Å². The predicted octanol–water partition coefficient (Wildman–Crippen LogP) is 1.02. The Bertz CT molecular complexity index is 672. The van der Waals surface area contributed by atoms with Gasteiger partial charge in [0.15, 0.2) is 0 Å². The Kier molecular flexibility index (Phi) is 5.23. The summed E-state index contributed by atoms with van der Waals surface area (Å²) in [4.78, 5) is 0. The molecule has 2 aromatic rings. The van der Waals surface area contributed by atoms with Gasteiger partial charge in [-0.15, -0.1) is 0 Å². The number of rotatable bonds is 8. The maximum atomic E-state index is 10.6. The van der Waals surface area contributed by atoms with Crippen LogP contribution in [-0.4, -0.2) is 37.8 Å². The molecular weight excluding hydrogens is 294 g/mol. The summed E-state index contributed by atoms with van der Waals surface area (Å²) in [6.07, 6.45) is 5.19. The molecule has 0 aliphatic carbocycles. The van der Waals surface area contributed by atoms with E-state index in [9.17, 15) is 5.11 Å². The summed E-state index contributed by atoms with van der Waals surface area (Å²) in [6, 6.07) is 0. The summed E-state index contributed by atoms with van der Waals surface area (Å²) in [5, 5.41) is 22.3. The number of hydrogen-bond donors (Lipinski definition) is 2. The minimum atomic E-state index is -0.994. The van der Waals surface area contributed by atoms with Crippen molar-refractivity contribution in [1.29, 1.82) is 0 Å². The maximum Gasteiger partial charge on any atom is 0.216 e. The zero-order valence-electron chi connectivity index (χ0n) is 14.2. The fourth-order valence-electron chi connectivity index (χ4n) is 2.44. The van der Waals surface area contributed by atoms with Gasteiger partial charge in [0.25, 0.3) is 0 Å². The third-order valence-electron chi connectivity index (χ3n) is 3.72. The Balaban J connectivity index is 2.02. The average molecular weight is 319 g/mol. The van der Waals surface area contributed by atoms with E-state index in [4.69, 9.17) is 4.74 Å². The molecule has 1 unspecified atom stereocenters. The largest absolute Gasteiger partial charge is 0.473 e. The number of aromatic nitrogens is 4. The van der Waals surface area contributed by atoms with Crippen LogP contribution < -0.4 is 10.1 Å².